The van der Waals surface area contributed by atoms with Gasteiger partial charge in [0.15, 0.2) is 5.70 Å². The van der Waals surface area contributed by atoms with Crippen molar-refractivity contribution in [2.45, 2.75) is 6.92 Å². The molecule has 0 aromatic heterocycles. The molecule has 0 N–H and O–H groups in total. The van der Waals surface area contributed by atoms with Crippen LogP contribution in [0.5, 0.6) is 11.5 Å². The van der Waals surface area contributed by atoms with E-state index in [0.29, 0.717) is 17.1 Å². The van der Waals surface area contributed by atoms with Gasteiger partial charge in [0.1, 0.15) is 11.5 Å². The van der Waals surface area contributed by atoms with Crippen LogP contribution in [0.3, 0.4) is 0 Å². The second kappa shape index (κ2) is 7.70. The molecule has 0 bridgehead atoms. The summed E-state index contributed by atoms with van der Waals surface area (Å²) >= 11 is 0. The maximum atomic E-state index is 12.1. The number of rotatable bonds is 5. The van der Waals surface area contributed by atoms with E-state index in [1.165, 1.54) is 5.56 Å². The van der Waals surface area contributed by atoms with Crippen molar-refractivity contribution < 1.29 is 19.0 Å². The maximum absolute atomic E-state index is 12.1. The normalized spacial score (nSPS) is 15.3. The number of nitrogens with zero attached hydrogens (tertiary/aromatic N) is 1. The Bertz CT molecular complexity index is 908. The molecule has 0 saturated heterocycles. The van der Waals surface area contributed by atoms with Gasteiger partial charge in [-0.1, -0.05) is 29.8 Å². The Balaban J connectivity index is 1.86. The van der Waals surface area contributed by atoms with E-state index in [1.54, 1.807) is 44.6 Å². The number of benzene rings is 2. The number of esters is 1. The van der Waals surface area contributed by atoms with Crippen molar-refractivity contribution in [3.63, 3.8) is 0 Å². The number of hydrogen-bond donors (Lipinski definition) is 0. The fourth-order valence-electron chi connectivity index (χ4n) is 2.44. The summed E-state index contributed by atoms with van der Waals surface area (Å²) in [7, 11) is 3.14. The molecule has 1 aliphatic rings. The van der Waals surface area contributed by atoms with E-state index in [1.807, 2.05) is 37.3 Å². The van der Waals surface area contributed by atoms with Crippen molar-refractivity contribution in [1.29, 1.82) is 0 Å². The summed E-state index contributed by atoms with van der Waals surface area (Å²) in [6.07, 6.45) is 5.14. The molecule has 132 valence electrons. The van der Waals surface area contributed by atoms with Crippen LogP contribution in [0.2, 0.25) is 0 Å². The minimum absolute atomic E-state index is 0.208. The first-order valence-electron chi connectivity index (χ1n) is 8.08. The van der Waals surface area contributed by atoms with E-state index in [-0.39, 0.29) is 11.6 Å². The number of aryl methyl sites for hydroxylation is 1. The van der Waals surface area contributed by atoms with Crippen molar-refractivity contribution in [3.05, 3.63) is 70.9 Å². The van der Waals surface area contributed by atoms with Gasteiger partial charge in [0.05, 0.1) is 14.2 Å². The Morgan fingerprint density at radius 2 is 1.77 bits per heavy atom. The van der Waals surface area contributed by atoms with Crippen LogP contribution in [0.15, 0.2) is 59.2 Å². The molecular formula is C21H19NO4. The molecule has 0 saturated carbocycles. The molecule has 0 unspecified atom stereocenters. The lowest BCUT2D eigenvalue weighted by Gasteiger charge is -2.07. The zero-order valence-corrected chi connectivity index (χ0v) is 14.9. The van der Waals surface area contributed by atoms with Crippen molar-refractivity contribution in [1.82, 2.24) is 0 Å². The molecule has 0 radical (unpaired) electrons. The third-order valence-electron chi connectivity index (χ3n) is 3.86. The van der Waals surface area contributed by atoms with Crippen LogP contribution >= 0.6 is 0 Å². The zero-order chi connectivity index (χ0) is 18.5. The molecule has 1 aliphatic heterocycles. The van der Waals surface area contributed by atoms with Crippen molar-refractivity contribution in [2.75, 3.05) is 14.2 Å². The molecule has 1 heterocycles. The van der Waals surface area contributed by atoms with Gasteiger partial charge in [-0.2, -0.15) is 0 Å². The summed E-state index contributed by atoms with van der Waals surface area (Å²) in [5.41, 5.74) is 3.08. The molecule has 26 heavy (non-hydrogen) atoms. The van der Waals surface area contributed by atoms with E-state index in [9.17, 15) is 4.79 Å². The van der Waals surface area contributed by atoms with Crippen LogP contribution in [0, 0.1) is 6.92 Å². The standard InChI is InChI=1S/C21H19NO4/c1-14-4-6-15(7-5-14)8-11-20-22-18(21(23)26-20)13-16-12-17(24-2)9-10-19(16)25-3/h4-13H,1-3H3/b11-8+,18-13-. The summed E-state index contributed by atoms with van der Waals surface area (Å²) in [5, 5.41) is 0. The van der Waals surface area contributed by atoms with Gasteiger partial charge in [-0.05, 0) is 42.8 Å². The molecule has 5 heteroatoms. The fourth-order valence-corrected chi connectivity index (χ4v) is 2.44. The Kier molecular flexibility index (Phi) is 5.17. The van der Waals surface area contributed by atoms with Crippen molar-refractivity contribution >= 4 is 24.0 Å². The lowest BCUT2D eigenvalue weighted by atomic mass is 10.1. The average molecular weight is 349 g/mol. The Morgan fingerprint density at radius 1 is 1.00 bits per heavy atom. The lowest BCUT2D eigenvalue weighted by Crippen LogP contribution is -2.01. The Morgan fingerprint density at radius 3 is 2.46 bits per heavy atom. The van der Waals surface area contributed by atoms with Gasteiger partial charge in [-0.25, -0.2) is 9.79 Å². The molecule has 0 spiro atoms. The van der Waals surface area contributed by atoms with Crippen molar-refractivity contribution in [3.8, 4) is 11.5 Å². The fraction of sp³-hybridized carbons (Fsp3) is 0.143. The topological polar surface area (TPSA) is 57.1 Å². The second-order valence-corrected chi connectivity index (χ2v) is 5.72. The van der Waals surface area contributed by atoms with Gasteiger partial charge < -0.3 is 14.2 Å². The van der Waals surface area contributed by atoms with Gasteiger partial charge in [0.2, 0.25) is 5.90 Å². The van der Waals surface area contributed by atoms with Gasteiger partial charge in [-0.15, -0.1) is 0 Å². The number of carbonyl (C=O) groups excluding carboxylic acids is 1. The lowest BCUT2D eigenvalue weighted by molar-refractivity contribution is -0.129. The van der Waals surface area contributed by atoms with E-state index < -0.39 is 5.97 Å². The van der Waals surface area contributed by atoms with E-state index in [0.717, 1.165) is 5.56 Å². The summed E-state index contributed by atoms with van der Waals surface area (Å²) < 4.78 is 15.7. The number of hydrogen-bond acceptors (Lipinski definition) is 5. The largest absolute Gasteiger partial charge is 0.497 e. The molecule has 0 amide bonds. The maximum Gasteiger partial charge on any atom is 0.363 e. The first-order valence-corrected chi connectivity index (χ1v) is 8.08. The summed E-state index contributed by atoms with van der Waals surface area (Å²) in [6, 6.07) is 13.3. The van der Waals surface area contributed by atoms with Gasteiger partial charge >= 0.3 is 5.97 Å². The molecule has 3 rings (SSSR count). The first-order chi connectivity index (χ1) is 12.6. The molecule has 2 aromatic carbocycles. The van der Waals surface area contributed by atoms with Crippen LogP contribution in [0.25, 0.3) is 12.2 Å². The number of cyclic esters (lactones) is 1. The summed E-state index contributed by atoms with van der Waals surface area (Å²) in [6.45, 7) is 2.03. The predicted octanol–water partition coefficient (Wildman–Crippen LogP) is 4.02. The quantitative estimate of drug-likeness (QED) is 0.604. The highest BCUT2D eigenvalue weighted by Gasteiger charge is 2.21. The van der Waals surface area contributed by atoms with Gasteiger partial charge in [-0.3, -0.25) is 0 Å². The van der Waals surface area contributed by atoms with Crippen molar-refractivity contribution in [2.24, 2.45) is 4.99 Å². The second-order valence-electron chi connectivity index (χ2n) is 5.72. The predicted molar refractivity (Wildman–Crippen MR) is 101 cm³/mol. The SMILES string of the molecule is COc1ccc(OC)c(/C=C2N=C(/C=C/c3ccc(C)cc3)OC\2=O)c1. The molecule has 0 aliphatic carbocycles. The highest BCUT2D eigenvalue weighted by atomic mass is 16.6. The number of carbonyl (C=O) groups is 1. The number of aliphatic imine (C=N–C) groups is 1. The minimum atomic E-state index is -0.501. The molecule has 0 atom stereocenters. The molecule has 0 fully saturated rings. The van der Waals surface area contributed by atoms with E-state index in [4.69, 9.17) is 14.2 Å². The number of ether oxygens (including phenoxy) is 3. The van der Waals surface area contributed by atoms with E-state index in [2.05, 4.69) is 4.99 Å². The molecule has 2 aromatic rings. The first kappa shape index (κ1) is 17.5. The Hall–Kier alpha value is -3.34. The van der Waals surface area contributed by atoms with Gasteiger partial charge in [0, 0.05) is 11.6 Å². The highest BCUT2D eigenvalue weighted by molar-refractivity contribution is 6.11. The van der Waals surface area contributed by atoms with Gasteiger partial charge in [0.25, 0.3) is 0 Å². The summed E-state index contributed by atoms with van der Waals surface area (Å²) in [5.74, 6) is 1.03. The third-order valence-corrected chi connectivity index (χ3v) is 3.86. The Labute approximate surface area is 152 Å². The van der Waals surface area contributed by atoms with Crippen LogP contribution in [-0.4, -0.2) is 26.1 Å². The third kappa shape index (κ3) is 4.00. The number of methoxy groups -OCH3 is 2. The van der Waals surface area contributed by atoms with Crippen LogP contribution in [0.1, 0.15) is 16.7 Å². The minimum Gasteiger partial charge on any atom is -0.497 e. The average Bonchev–Trinajstić information content (AvgIpc) is 3.00. The molecular weight excluding hydrogens is 330 g/mol. The van der Waals surface area contributed by atoms with Crippen LogP contribution in [-0.2, 0) is 9.53 Å². The zero-order valence-electron chi connectivity index (χ0n) is 14.9. The molecule has 5 nitrogen and oxygen atoms in total. The van der Waals surface area contributed by atoms with Crippen LogP contribution < -0.4 is 9.47 Å². The highest BCUT2D eigenvalue weighted by Crippen LogP contribution is 2.27. The monoisotopic (exact) mass is 349 g/mol. The smallest absolute Gasteiger partial charge is 0.363 e. The van der Waals surface area contributed by atoms with Crippen LogP contribution in [0.4, 0.5) is 0 Å². The van der Waals surface area contributed by atoms with E-state index >= 15 is 0 Å². The summed E-state index contributed by atoms with van der Waals surface area (Å²) in [4.78, 5) is 16.3.